The van der Waals surface area contributed by atoms with Crippen LogP contribution in [0.1, 0.15) is 29.5 Å². The third-order valence-electron chi connectivity index (χ3n) is 7.70. The summed E-state index contributed by atoms with van der Waals surface area (Å²) in [5.74, 6) is 1.31. The van der Waals surface area contributed by atoms with Gasteiger partial charge in [0.15, 0.2) is 0 Å². The zero-order chi connectivity index (χ0) is 23.1. The molecule has 2 N–H and O–H groups in total. The lowest BCUT2D eigenvalue weighted by Crippen LogP contribution is -2.38. The molecule has 1 aromatic heterocycles. The fourth-order valence-electron chi connectivity index (χ4n) is 5.53. The Labute approximate surface area is 199 Å². The highest BCUT2D eigenvalue weighted by Crippen LogP contribution is 2.58. The second-order valence-corrected chi connectivity index (χ2v) is 9.75. The summed E-state index contributed by atoms with van der Waals surface area (Å²) < 4.78 is 6.28. The highest BCUT2D eigenvalue weighted by Gasteiger charge is 2.62. The summed E-state index contributed by atoms with van der Waals surface area (Å²) in [5.41, 5.74) is 5.32. The first kappa shape index (κ1) is 21.2. The number of hydrogen-bond donors (Lipinski definition) is 2. The van der Waals surface area contributed by atoms with E-state index in [9.17, 15) is 9.90 Å². The highest BCUT2D eigenvalue weighted by atomic mass is 16.5. The largest absolute Gasteiger partial charge is 0.488 e. The number of carboxylic acid groups (broad SMARTS) is 1. The lowest BCUT2D eigenvalue weighted by molar-refractivity contribution is -0.144. The van der Waals surface area contributed by atoms with Crippen LogP contribution < -0.4 is 15.0 Å². The molecule has 34 heavy (non-hydrogen) atoms. The van der Waals surface area contributed by atoms with Crippen molar-refractivity contribution in [3.8, 4) is 17.0 Å². The molecular formula is C28H29N3O3. The summed E-state index contributed by atoms with van der Waals surface area (Å²) in [6.07, 6.45) is 2.53. The van der Waals surface area contributed by atoms with E-state index in [1.54, 1.807) is 0 Å². The number of aromatic nitrogens is 1. The molecule has 3 aromatic rings. The molecule has 6 rings (SSSR count). The van der Waals surface area contributed by atoms with E-state index in [1.165, 1.54) is 16.7 Å². The second-order valence-electron chi connectivity index (χ2n) is 9.75. The molecule has 1 saturated heterocycles. The van der Waals surface area contributed by atoms with Gasteiger partial charge in [0.1, 0.15) is 18.2 Å². The number of piperidine rings is 1. The normalized spacial score (nSPS) is 23.1. The number of rotatable bonds is 6. The highest BCUT2D eigenvalue weighted by molar-refractivity contribution is 5.79. The van der Waals surface area contributed by atoms with Gasteiger partial charge in [-0.3, -0.25) is 4.79 Å². The molecule has 0 unspecified atom stereocenters. The van der Waals surface area contributed by atoms with Gasteiger partial charge < -0.3 is 20.1 Å². The van der Waals surface area contributed by atoms with Crippen LogP contribution in [0.3, 0.4) is 0 Å². The molecule has 6 heteroatoms. The SMILES string of the molecule is O=C(O)[C@@]12CCN(c3cccc(-c4ccccc4OCc4ccc5c(c4)CCNC5)n3)C[C@@H]1C2. The van der Waals surface area contributed by atoms with Crippen LogP contribution in [-0.4, -0.2) is 35.7 Å². The van der Waals surface area contributed by atoms with Crippen LogP contribution in [0.5, 0.6) is 5.75 Å². The van der Waals surface area contributed by atoms with Crippen LogP contribution in [0.25, 0.3) is 11.3 Å². The molecule has 3 heterocycles. The van der Waals surface area contributed by atoms with Crippen molar-refractivity contribution >= 4 is 11.8 Å². The van der Waals surface area contributed by atoms with E-state index in [0.717, 1.165) is 61.8 Å². The monoisotopic (exact) mass is 455 g/mol. The summed E-state index contributed by atoms with van der Waals surface area (Å²) in [7, 11) is 0. The van der Waals surface area contributed by atoms with Crippen LogP contribution >= 0.6 is 0 Å². The molecule has 174 valence electrons. The van der Waals surface area contributed by atoms with E-state index in [1.807, 2.05) is 42.5 Å². The van der Waals surface area contributed by atoms with Gasteiger partial charge in [-0.2, -0.15) is 0 Å². The number of nitrogens with zero attached hydrogens (tertiary/aromatic N) is 2. The maximum atomic E-state index is 11.6. The molecule has 2 atom stereocenters. The zero-order valence-electron chi connectivity index (χ0n) is 19.2. The fourth-order valence-corrected chi connectivity index (χ4v) is 5.53. The average molecular weight is 456 g/mol. The van der Waals surface area contributed by atoms with Crippen molar-refractivity contribution in [3.63, 3.8) is 0 Å². The van der Waals surface area contributed by atoms with E-state index in [2.05, 4.69) is 28.4 Å². The third kappa shape index (κ3) is 3.82. The maximum Gasteiger partial charge on any atom is 0.310 e. The van der Waals surface area contributed by atoms with E-state index in [0.29, 0.717) is 13.0 Å². The van der Waals surface area contributed by atoms with E-state index in [4.69, 9.17) is 9.72 Å². The molecule has 2 fully saturated rings. The van der Waals surface area contributed by atoms with E-state index < -0.39 is 11.4 Å². The van der Waals surface area contributed by atoms with Gasteiger partial charge in [-0.25, -0.2) is 4.98 Å². The van der Waals surface area contributed by atoms with Crippen LogP contribution in [-0.2, 0) is 24.4 Å². The number of carbonyl (C=O) groups is 1. The minimum Gasteiger partial charge on any atom is -0.488 e. The average Bonchev–Trinajstić information content (AvgIpc) is 3.63. The molecular weight excluding hydrogens is 426 g/mol. The van der Waals surface area contributed by atoms with Gasteiger partial charge in [0.05, 0.1) is 11.1 Å². The Kier molecular flexibility index (Phi) is 5.26. The first-order valence-corrected chi connectivity index (χ1v) is 12.1. The number of para-hydroxylation sites is 1. The Hall–Kier alpha value is -3.38. The van der Waals surface area contributed by atoms with Gasteiger partial charge >= 0.3 is 5.97 Å². The molecule has 0 amide bonds. The summed E-state index contributed by atoms with van der Waals surface area (Å²) in [4.78, 5) is 18.8. The Bertz CT molecular complexity index is 1240. The van der Waals surface area contributed by atoms with Crippen molar-refractivity contribution < 1.29 is 14.6 Å². The standard InChI is InChI=1S/C28H29N3O3/c32-27(33)28-11-13-31(17-22(28)15-28)26-7-3-5-24(30-26)23-4-1-2-6-25(23)34-18-19-8-9-21-16-29-12-10-20(21)14-19/h1-9,14,22,29H,10-13,15-18H2,(H,32,33)/t22-,28+/m0/s1. The van der Waals surface area contributed by atoms with Gasteiger partial charge in [0, 0.05) is 25.2 Å². The van der Waals surface area contributed by atoms with Gasteiger partial charge in [0.2, 0.25) is 0 Å². The van der Waals surface area contributed by atoms with Crippen molar-refractivity contribution in [2.75, 3.05) is 24.5 Å². The Morgan fingerprint density at radius 3 is 2.94 bits per heavy atom. The van der Waals surface area contributed by atoms with Crippen molar-refractivity contribution in [1.29, 1.82) is 0 Å². The van der Waals surface area contributed by atoms with Gasteiger partial charge in [-0.1, -0.05) is 36.4 Å². The van der Waals surface area contributed by atoms with Gasteiger partial charge in [0.25, 0.3) is 0 Å². The number of ether oxygens (including phenoxy) is 1. The van der Waals surface area contributed by atoms with Crippen molar-refractivity contribution in [1.82, 2.24) is 10.3 Å². The number of fused-ring (bicyclic) bond motifs is 2. The minimum absolute atomic E-state index is 0.229. The van der Waals surface area contributed by atoms with E-state index in [-0.39, 0.29) is 5.92 Å². The van der Waals surface area contributed by atoms with Crippen LogP contribution in [0.2, 0.25) is 0 Å². The van der Waals surface area contributed by atoms with Gasteiger partial charge in [-0.05, 0) is 72.7 Å². The van der Waals surface area contributed by atoms with Crippen molar-refractivity contribution in [2.45, 2.75) is 32.4 Å². The Morgan fingerprint density at radius 2 is 2.06 bits per heavy atom. The lowest BCUT2D eigenvalue weighted by atomic mass is 9.95. The number of anilines is 1. The smallest absolute Gasteiger partial charge is 0.310 e. The molecule has 6 nitrogen and oxygen atoms in total. The molecule has 0 radical (unpaired) electrons. The topological polar surface area (TPSA) is 74.7 Å². The molecule has 1 aliphatic carbocycles. The van der Waals surface area contributed by atoms with E-state index >= 15 is 0 Å². The third-order valence-corrected chi connectivity index (χ3v) is 7.70. The molecule has 0 spiro atoms. The molecule has 1 saturated carbocycles. The Balaban J connectivity index is 1.19. The van der Waals surface area contributed by atoms with Crippen LogP contribution in [0.15, 0.2) is 60.7 Å². The van der Waals surface area contributed by atoms with Crippen LogP contribution in [0, 0.1) is 11.3 Å². The number of nitrogens with one attached hydrogen (secondary N) is 1. The van der Waals surface area contributed by atoms with Crippen molar-refractivity contribution in [2.24, 2.45) is 11.3 Å². The quantitative estimate of drug-likeness (QED) is 0.578. The number of carboxylic acids is 1. The fraction of sp³-hybridized carbons (Fsp3) is 0.357. The Morgan fingerprint density at radius 1 is 1.15 bits per heavy atom. The molecule has 0 bridgehead atoms. The predicted molar refractivity (Wildman–Crippen MR) is 131 cm³/mol. The number of pyridine rings is 1. The first-order valence-electron chi connectivity index (χ1n) is 12.1. The minimum atomic E-state index is -0.638. The zero-order valence-corrected chi connectivity index (χ0v) is 19.2. The molecule has 3 aliphatic rings. The summed E-state index contributed by atoms with van der Waals surface area (Å²) in [6.45, 7) is 3.97. The summed E-state index contributed by atoms with van der Waals surface area (Å²) in [5, 5.41) is 13.0. The summed E-state index contributed by atoms with van der Waals surface area (Å²) >= 11 is 0. The predicted octanol–water partition coefficient (Wildman–Crippen LogP) is 4.27. The van der Waals surface area contributed by atoms with Crippen molar-refractivity contribution in [3.05, 3.63) is 77.4 Å². The number of aliphatic carboxylic acids is 1. The number of benzene rings is 2. The van der Waals surface area contributed by atoms with Gasteiger partial charge in [-0.15, -0.1) is 0 Å². The maximum absolute atomic E-state index is 11.6. The van der Waals surface area contributed by atoms with Crippen LogP contribution in [0.4, 0.5) is 5.82 Å². The first-order chi connectivity index (χ1) is 16.6. The second kappa shape index (κ2) is 8.44. The molecule has 2 aliphatic heterocycles. The summed E-state index contributed by atoms with van der Waals surface area (Å²) in [6, 6.07) is 20.7. The lowest BCUT2D eigenvalue weighted by Gasteiger charge is -2.30. The molecule has 2 aromatic carbocycles. The number of hydrogen-bond acceptors (Lipinski definition) is 5.